The smallest absolute Gasteiger partial charge is 0.243 e. The summed E-state index contributed by atoms with van der Waals surface area (Å²) in [6.45, 7) is 7.11. The fourth-order valence-corrected chi connectivity index (χ4v) is 5.77. The van der Waals surface area contributed by atoms with Crippen molar-refractivity contribution >= 4 is 33.3 Å². The number of amides is 1. The van der Waals surface area contributed by atoms with E-state index in [0.717, 1.165) is 24.7 Å². The monoisotopic (exact) mass is 444 g/mol. The third kappa shape index (κ3) is 4.64. The normalized spacial score (nSPS) is 17.7. The highest BCUT2D eigenvalue weighted by atomic mass is 32.2. The van der Waals surface area contributed by atoms with Gasteiger partial charge in [-0.3, -0.25) is 4.79 Å². The van der Waals surface area contributed by atoms with Crippen LogP contribution >= 0.6 is 0 Å². The fraction of sp³-hybridized carbons (Fsp3) is 0.476. The van der Waals surface area contributed by atoms with Crippen LogP contribution in [0.5, 0.6) is 0 Å². The average molecular weight is 445 g/mol. The lowest BCUT2D eigenvalue weighted by Crippen LogP contribution is -2.49. The maximum atomic E-state index is 13.2. The molecule has 0 atom stereocenters. The van der Waals surface area contributed by atoms with Gasteiger partial charge in [0.1, 0.15) is 18.0 Å². The molecule has 1 amide bonds. The quantitative estimate of drug-likeness (QED) is 0.751. The van der Waals surface area contributed by atoms with Crippen LogP contribution in [-0.4, -0.2) is 67.9 Å². The number of benzene rings is 1. The van der Waals surface area contributed by atoms with Crippen LogP contribution in [0.15, 0.2) is 35.5 Å². The Balaban J connectivity index is 1.45. The number of carbonyl (C=O) groups is 1. The highest BCUT2D eigenvalue weighted by Crippen LogP contribution is 2.26. The molecule has 2 saturated heterocycles. The van der Waals surface area contributed by atoms with E-state index in [1.165, 1.54) is 24.1 Å². The van der Waals surface area contributed by atoms with Crippen molar-refractivity contribution in [1.29, 1.82) is 0 Å². The Morgan fingerprint density at radius 1 is 0.935 bits per heavy atom. The van der Waals surface area contributed by atoms with E-state index in [1.807, 2.05) is 6.07 Å². The zero-order valence-corrected chi connectivity index (χ0v) is 18.7. The summed E-state index contributed by atoms with van der Waals surface area (Å²) < 4.78 is 27.9. The van der Waals surface area contributed by atoms with Gasteiger partial charge in [-0.2, -0.15) is 4.31 Å². The molecule has 31 heavy (non-hydrogen) atoms. The van der Waals surface area contributed by atoms with E-state index >= 15 is 0 Å². The lowest BCUT2D eigenvalue weighted by molar-refractivity contribution is -0.114. The van der Waals surface area contributed by atoms with Gasteiger partial charge in [0.05, 0.1) is 4.90 Å². The number of piperazine rings is 1. The van der Waals surface area contributed by atoms with Crippen LogP contribution in [0.1, 0.15) is 25.3 Å². The zero-order chi connectivity index (χ0) is 22.0. The minimum atomic E-state index is -3.61. The van der Waals surface area contributed by atoms with Gasteiger partial charge in [0.25, 0.3) is 0 Å². The molecule has 4 rings (SSSR count). The summed E-state index contributed by atoms with van der Waals surface area (Å²) >= 11 is 0. The summed E-state index contributed by atoms with van der Waals surface area (Å²) in [5, 5.41) is 2.68. The minimum absolute atomic E-state index is 0.191. The van der Waals surface area contributed by atoms with Gasteiger partial charge in [-0.1, -0.05) is 0 Å². The summed E-state index contributed by atoms with van der Waals surface area (Å²) in [5.41, 5.74) is 1.20. The van der Waals surface area contributed by atoms with Gasteiger partial charge < -0.3 is 15.1 Å². The Hall–Kier alpha value is -2.72. The number of hydrogen-bond donors (Lipinski definition) is 1. The van der Waals surface area contributed by atoms with Crippen molar-refractivity contribution in [3.8, 4) is 0 Å². The molecule has 1 aromatic carbocycles. The highest BCUT2D eigenvalue weighted by Gasteiger charge is 2.30. The third-order valence-electron chi connectivity index (χ3n) is 5.74. The van der Waals surface area contributed by atoms with Crippen LogP contribution in [0.3, 0.4) is 0 Å². The molecule has 1 aromatic heterocycles. The van der Waals surface area contributed by atoms with Crippen molar-refractivity contribution in [2.75, 3.05) is 54.4 Å². The van der Waals surface area contributed by atoms with Crippen LogP contribution in [0.4, 0.5) is 17.3 Å². The Bertz CT molecular complexity index is 1060. The predicted octanol–water partition coefficient (Wildman–Crippen LogP) is 1.85. The second-order valence-electron chi connectivity index (χ2n) is 7.98. The zero-order valence-electron chi connectivity index (χ0n) is 17.9. The Kier molecular flexibility index (Phi) is 6.10. The van der Waals surface area contributed by atoms with Gasteiger partial charge in [-0.05, 0) is 43.5 Å². The maximum absolute atomic E-state index is 13.2. The molecule has 2 aliphatic rings. The molecule has 2 aromatic rings. The van der Waals surface area contributed by atoms with Crippen molar-refractivity contribution in [2.45, 2.75) is 31.6 Å². The van der Waals surface area contributed by atoms with Crippen molar-refractivity contribution in [3.63, 3.8) is 0 Å². The molecular formula is C21H28N6O3S. The highest BCUT2D eigenvalue weighted by molar-refractivity contribution is 7.89. The molecule has 0 saturated carbocycles. The van der Waals surface area contributed by atoms with Gasteiger partial charge in [-0.25, -0.2) is 18.4 Å². The number of aromatic nitrogens is 2. The van der Waals surface area contributed by atoms with E-state index in [1.54, 1.807) is 31.5 Å². The van der Waals surface area contributed by atoms with Gasteiger partial charge >= 0.3 is 0 Å². The van der Waals surface area contributed by atoms with Crippen LogP contribution in [0, 0.1) is 6.92 Å². The minimum Gasteiger partial charge on any atom is -0.356 e. The molecule has 0 bridgehead atoms. The number of sulfonamides is 1. The number of anilines is 3. The van der Waals surface area contributed by atoms with Crippen LogP contribution < -0.4 is 15.1 Å². The van der Waals surface area contributed by atoms with Crippen LogP contribution in [-0.2, 0) is 14.8 Å². The fourth-order valence-electron chi connectivity index (χ4n) is 4.15. The number of nitrogens with zero attached hydrogens (tertiary/aromatic N) is 5. The molecule has 0 unspecified atom stereocenters. The summed E-state index contributed by atoms with van der Waals surface area (Å²) in [4.78, 5) is 24.7. The number of carbonyl (C=O) groups excluding carboxylic acids is 1. The van der Waals surface area contributed by atoms with Gasteiger partial charge in [0.2, 0.25) is 15.9 Å². The summed E-state index contributed by atoms with van der Waals surface area (Å²) in [6, 6.07) is 6.87. The standard InChI is InChI=1S/C21H28N6O3S/c1-16-13-18(24-17(2)28)5-6-19(16)31(29,30)27-11-9-26(10-12-27)21-14-20(22-15-23-21)25-7-3-4-8-25/h5-6,13-15H,3-4,7-12H2,1-2H3,(H,24,28). The van der Waals surface area contributed by atoms with E-state index in [0.29, 0.717) is 37.4 Å². The summed E-state index contributed by atoms with van der Waals surface area (Å²) in [7, 11) is -3.61. The molecule has 0 spiro atoms. The molecular weight excluding hydrogens is 416 g/mol. The topological polar surface area (TPSA) is 98.7 Å². The van der Waals surface area contributed by atoms with Gasteiger partial charge in [-0.15, -0.1) is 0 Å². The third-order valence-corrected chi connectivity index (χ3v) is 7.80. The number of rotatable bonds is 5. The number of hydrogen-bond acceptors (Lipinski definition) is 7. The summed E-state index contributed by atoms with van der Waals surface area (Å²) in [6.07, 6.45) is 3.95. The largest absolute Gasteiger partial charge is 0.356 e. The lowest BCUT2D eigenvalue weighted by atomic mass is 10.2. The van der Waals surface area contributed by atoms with Crippen molar-refractivity contribution in [1.82, 2.24) is 14.3 Å². The summed E-state index contributed by atoms with van der Waals surface area (Å²) in [5.74, 6) is 1.58. The second kappa shape index (κ2) is 8.80. The molecule has 0 aliphatic carbocycles. The first-order valence-corrected chi connectivity index (χ1v) is 12.0. The SMILES string of the molecule is CC(=O)Nc1ccc(S(=O)(=O)N2CCN(c3cc(N4CCCC4)ncn3)CC2)c(C)c1. The predicted molar refractivity (Wildman–Crippen MR) is 120 cm³/mol. The molecule has 2 aliphatic heterocycles. The van der Waals surface area contributed by atoms with Crippen molar-refractivity contribution in [3.05, 3.63) is 36.2 Å². The second-order valence-corrected chi connectivity index (χ2v) is 9.89. The first-order valence-electron chi connectivity index (χ1n) is 10.5. The molecule has 3 heterocycles. The number of aryl methyl sites for hydroxylation is 1. The van der Waals surface area contributed by atoms with E-state index < -0.39 is 10.0 Å². The molecule has 0 radical (unpaired) electrons. The Labute approximate surface area is 183 Å². The Morgan fingerprint density at radius 3 is 2.13 bits per heavy atom. The maximum Gasteiger partial charge on any atom is 0.243 e. The van der Waals surface area contributed by atoms with Gasteiger partial charge in [0.15, 0.2) is 0 Å². The molecule has 10 heteroatoms. The van der Waals surface area contributed by atoms with E-state index in [9.17, 15) is 13.2 Å². The first kappa shape index (κ1) is 21.5. The lowest BCUT2D eigenvalue weighted by Gasteiger charge is -2.35. The van der Waals surface area contributed by atoms with E-state index in [-0.39, 0.29) is 10.8 Å². The van der Waals surface area contributed by atoms with E-state index in [4.69, 9.17) is 0 Å². The van der Waals surface area contributed by atoms with Crippen LogP contribution in [0.25, 0.3) is 0 Å². The van der Waals surface area contributed by atoms with Gasteiger partial charge in [0, 0.05) is 57.9 Å². The van der Waals surface area contributed by atoms with Crippen molar-refractivity contribution in [2.24, 2.45) is 0 Å². The van der Waals surface area contributed by atoms with E-state index in [2.05, 4.69) is 25.1 Å². The molecule has 1 N–H and O–H groups in total. The number of nitrogens with one attached hydrogen (secondary N) is 1. The molecule has 166 valence electrons. The van der Waals surface area contributed by atoms with Crippen molar-refractivity contribution < 1.29 is 13.2 Å². The first-order chi connectivity index (χ1) is 14.8. The molecule has 9 nitrogen and oxygen atoms in total. The van der Waals surface area contributed by atoms with Crippen LogP contribution in [0.2, 0.25) is 0 Å². The molecule has 2 fully saturated rings. The Morgan fingerprint density at radius 2 is 1.55 bits per heavy atom. The average Bonchev–Trinajstić information content (AvgIpc) is 3.28.